The van der Waals surface area contributed by atoms with E-state index in [1.165, 1.54) is 35.2 Å². The second-order valence-corrected chi connectivity index (χ2v) is 16.3. The van der Waals surface area contributed by atoms with Crippen molar-refractivity contribution in [2.24, 2.45) is 0 Å². The minimum absolute atomic E-state index is 0.0223. The molecule has 0 bridgehead atoms. The Balaban J connectivity index is 0.000000194. The van der Waals surface area contributed by atoms with Gasteiger partial charge < -0.3 is 10.2 Å². The van der Waals surface area contributed by atoms with Crippen molar-refractivity contribution < 1.29 is 34.8 Å². The zero-order valence-electron chi connectivity index (χ0n) is 25.4. The molecule has 0 atom stereocenters. The highest BCUT2D eigenvalue weighted by Gasteiger charge is 2.43. The fourth-order valence-electron chi connectivity index (χ4n) is 5.48. The topological polar surface area (TPSA) is 150 Å². The van der Waals surface area contributed by atoms with Crippen LogP contribution in [0.2, 0.25) is 0 Å². The van der Waals surface area contributed by atoms with Crippen molar-refractivity contribution in [1.82, 2.24) is 20.2 Å². The molecule has 3 N–H and O–H groups in total. The molecule has 48 heavy (non-hydrogen) atoms. The Bertz CT molecular complexity index is 1840. The maximum absolute atomic E-state index is 12.5. The van der Waals surface area contributed by atoms with Gasteiger partial charge in [0.05, 0.1) is 9.79 Å². The van der Waals surface area contributed by atoms with Crippen molar-refractivity contribution in [3.8, 4) is 0 Å². The second kappa shape index (κ2) is 15.3. The summed E-state index contributed by atoms with van der Waals surface area (Å²) in [5.74, 6) is -1.31. The number of likely N-dealkylation sites (tertiary alicyclic amines) is 1. The average Bonchev–Trinajstić information content (AvgIpc) is 3.79. The van der Waals surface area contributed by atoms with Crippen molar-refractivity contribution in [3.05, 3.63) is 82.8 Å². The SMILES string of the molecule is O=C(N1CCC(c2ccc(S(=O)(=O)Nc3nccs3)cc2)CC1)C(F)(F)F.O=S(=O)(Nc1nccs1)c1ccc(C2CCNCC2)cc1. The Hall–Kier alpha value is -3.58. The van der Waals surface area contributed by atoms with Gasteiger partial charge >= 0.3 is 12.1 Å². The summed E-state index contributed by atoms with van der Waals surface area (Å²) >= 11 is 2.42. The minimum atomic E-state index is -4.85. The molecule has 0 saturated carbocycles. The zero-order valence-corrected chi connectivity index (χ0v) is 28.7. The largest absolute Gasteiger partial charge is 0.471 e. The van der Waals surface area contributed by atoms with Crippen LogP contribution in [0.1, 0.15) is 48.6 Å². The number of benzene rings is 2. The van der Waals surface area contributed by atoms with Gasteiger partial charge in [-0.3, -0.25) is 14.2 Å². The summed E-state index contributed by atoms with van der Waals surface area (Å²) in [4.78, 5) is 20.2. The molecule has 18 heteroatoms. The van der Waals surface area contributed by atoms with E-state index in [1.54, 1.807) is 41.2 Å². The number of halogens is 3. The molecule has 4 heterocycles. The van der Waals surface area contributed by atoms with Gasteiger partial charge in [0.15, 0.2) is 10.3 Å². The van der Waals surface area contributed by atoms with Gasteiger partial charge in [-0.1, -0.05) is 24.3 Å². The molecule has 6 rings (SSSR count). The van der Waals surface area contributed by atoms with E-state index in [9.17, 15) is 34.8 Å². The molecule has 2 aliphatic heterocycles. The van der Waals surface area contributed by atoms with Gasteiger partial charge in [0.1, 0.15) is 0 Å². The molecule has 0 radical (unpaired) electrons. The van der Waals surface area contributed by atoms with Crippen LogP contribution in [-0.4, -0.2) is 70.0 Å². The van der Waals surface area contributed by atoms with Crippen LogP contribution < -0.4 is 14.8 Å². The zero-order chi connectivity index (χ0) is 34.4. The standard InChI is InChI=1S/C16H16F3N3O3S2.C14H17N3O2S2/c17-16(18,19)14(23)22-8-5-12(6-9-22)11-1-3-13(4-2-11)27(24,25)21-15-20-7-10-26-15;18-21(19,17-14-16-9-10-20-14)13-3-1-11(2-4-13)12-5-7-15-8-6-12/h1-4,7,10,12H,5-6,8-9H2,(H,20,21);1-4,9-10,12,15H,5-8H2,(H,16,17). The Morgan fingerprint density at radius 1 is 0.729 bits per heavy atom. The number of amides is 1. The fourth-order valence-corrected chi connectivity index (χ4v) is 9.06. The molecule has 2 aromatic heterocycles. The van der Waals surface area contributed by atoms with E-state index in [2.05, 4.69) is 24.7 Å². The Kier molecular flexibility index (Phi) is 11.4. The second-order valence-electron chi connectivity index (χ2n) is 11.1. The number of thiazole rings is 2. The van der Waals surface area contributed by atoms with Crippen LogP contribution in [0.15, 0.2) is 81.5 Å². The van der Waals surface area contributed by atoms with Crippen LogP contribution in [0, 0.1) is 0 Å². The number of piperidine rings is 2. The monoisotopic (exact) mass is 742 g/mol. The molecular weight excluding hydrogens is 710 g/mol. The highest BCUT2D eigenvalue weighted by atomic mass is 32.2. The van der Waals surface area contributed by atoms with Crippen LogP contribution in [-0.2, 0) is 24.8 Å². The molecule has 11 nitrogen and oxygen atoms in total. The maximum Gasteiger partial charge on any atom is 0.471 e. The van der Waals surface area contributed by atoms with E-state index in [-0.39, 0.29) is 33.9 Å². The van der Waals surface area contributed by atoms with Gasteiger partial charge in [0, 0.05) is 36.2 Å². The first-order valence-electron chi connectivity index (χ1n) is 14.9. The average molecular weight is 743 g/mol. The van der Waals surface area contributed by atoms with Crippen LogP contribution in [0.4, 0.5) is 23.4 Å². The van der Waals surface area contributed by atoms with E-state index in [1.807, 2.05) is 12.1 Å². The number of anilines is 2. The molecule has 0 spiro atoms. The summed E-state index contributed by atoms with van der Waals surface area (Å²) in [6, 6.07) is 13.4. The van der Waals surface area contributed by atoms with E-state index in [4.69, 9.17) is 0 Å². The van der Waals surface area contributed by atoms with E-state index >= 15 is 0 Å². The maximum atomic E-state index is 12.5. The smallest absolute Gasteiger partial charge is 0.335 e. The van der Waals surface area contributed by atoms with Gasteiger partial charge in [-0.2, -0.15) is 13.2 Å². The number of sulfonamides is 2. The van der Waals surface area contributed by atoms with Crippen molar-refractivity contribution in [3.63, 3.8) is 0 Å². The molecule has 2 aromatic carbocycles. The molecule has 258 valence electrons. The van der Waals surface area contributed by atoms with Crippen molar-refractivity contribution >= 4 is 58.9 Å². The summed E-state index contributed by atoms with van der Waals surface area (Å²) in [6.45, 7) is 2.09. The predicted molar refractivity (Wildman–Crippen MR) is 178 cm³/mol. The molecule has 2 saturated heterocycles. The highest BCUT2D eigenvalue weighted by molar-refractivity contribution is 7.93. The van der Waals surface area contributed by atoms with Gasteiger partial charge in [0.25, 0.3) is 20.0 Å². The van der Waals surface area contributed by atoms with Crippen molar-refractivity contribution in [2.75, 3.05) is 35.6 Å². The van der Waals surface area contributed by atoms with Crippen LogP contribution in [0.3, 0.4) is 0 Å². The van der Waals surface area contributed by atoms with Crippen LogP contribution in [0.5, 0.6) is 0 Å². The van der Waals surface area contributed by atoms with Crippen molar-refractivity contribution in [2.45, 2.75) is 53.5 Å². The lowest BCUT2D eigenvalue weighted by molar-refractivity contribution is -0.186. The normalized spacial score (nSPS) is 16.5. The summed E-state index contributed by atoms with van der Waals surface area (Å²) in [6.07, 6.45) is 1.20. The van der Waals surface area contributed by atoms with Crippen LogP contribution in [0.25, 0.3) is 0 Å². The minimum Gasteiger partial charge on any atom is -0.335 e. The number of carbonyl (C=O) groups is 1. The van der Waals surface area contributed by atoms with E-state index < -0.39 is 32.1 Å². The third-order valence-electron chi connectivity index (χ3n) is 8.00. The van der Waals surface area contributed by atoms with Gasteiger partial charge in [-0.05, 0) is 86.0 Å². The van der Waals surface area contributed by atoms with E-state index in [0.717, 1.165) is 47.7 Å². The molecule has 0 unspecified atom stereocenters. The predicted octanol–water partition coefficient (Wildman–Crippen LogP) is 5.62. The Morgan fingerprint density at radius 2 is 1.15 bits per heavy atom. The summed E-state index contributed by atoms with van der Waals surface area (Å²) in [7, 11) is -7.29. The molecule has 2 fully saturated rings. The summed E-state index contributed by atoms with van der Waals surface area (Å²) in [5, 5.41) is 7.37. The highest BCUT2D eigenvalue weighted by Crippen LogP contribution is 2.31. The number of nitrogens with zero attached hydrogens (tertiary/aromatic N) is 3. The first kappa shape index (κ1) is 35.7. The third-order valence-corrected chi connectivity index (χ3v) is 12.3. The number of aromatic nitrogens is 2. The van der Waals surface area contributed by atoms with Gasteiger partial charge in [0.2, 0.25) is 0 Å². The molecule has 1 amide bonds. The lowest BCUT2D eigenvalue weighted by Crippen LogP contribution is -2.45. The van der Waals surface area contributed by atoms with E-state index in [0.29, 0.717) is 23.9 Å². The van der Waals surface area contributed by atoms with Crippen LogP contribution >= 0.6 is 22.7 Å². The fraction of sp³-hybridized carbons (Fsp3) is 0.367. The summed E-state index contributed by atoms with van der Waals surface area (Å²) < 4.78 is 91.4. The number of hydrogen-bond donors (Lipinski definition) is 3. The first-order chi connectivity index (χ1) is 22.8. The molecule has 0 aliphatic carbocycles. The number of alkyl halides is 3. The number of hydrogen-bond acceptors (Lipinski definition) is 10. The molecule has 2 aliphatic rings. The molecule has 4 aromatic rings. The first-order valence-corrected chi connectivity index (χ1v) is 19.7. The lowest BCUT2D eigenvalue weighted by Gasteiger charge is -2.32. The lowest BCUT2D eigenvalue weighted by atomic mass is 9.89. The Morgan fingerprint density at radius 3 is 1.52 bits per heavy atom. The molecular formula is C30H33F3N6O5S4. The third kappa shape index (κ3) is 9.31. The number of nitrogens with one attached hydrogen (secondary N) is 3. The number of rotatable bonds is 8. The van der Waals surface area contributed by atoms with Gasteiger partial charge in [-0.25, -0.2) is 26.8 Å². The summed E-state index contributed by atoms with van der Waals surface area (Å²) in [5.41, 5.74) is 2.05. The number of carbonyl (C=O) groups excluding carboxylic acids is 1. The Labute approximate surface area is 284 Å². The van der Waals surface area contributed by atoms with Gasteiger partial charge in [-0.15, -0.1) is 22.7 Å². The quantitative estimate of drug-likeness (QED) is 0.211. The van der Waals surface area contributed by atoms with Crippen molar-refractivity contribution in [1.29, 1.82) is 0 Å².